The van der Waals surface area contributed by atoms with Crippen LogP contribution in [0, 0.1) is 11.8 Å². The van der Waals surface area contributed by atoms with Gasteiger partial charge in [0.2, 0.25) is 0 Å². The summed E-state index contributed by atoms with van der Waals surface area (Å²) in [5.41, 5.74) is 0. The van der Waals surface area contributed by atoms with Crippen molar-refractivity contribution in [3.63, 3.8) is 0 Å². The van der Waals surface area contributed by atoms with E-state index < -0.39 is 0 Å². The maximum absolute atomic E-state index is 2.77. The van der Waals surface area contributed by atoms with E-state index in [1.54, 1.807) is 0 Å². The van der Waals surface area contributed by atoms with E-state index in [0.29, 0.717) is 0 Å². The summed E-state index contributed by atoms with van der Waals surface area (Å²) in [6, 6.07) is 1.57. The maximum Gasteiger partial charge on any atom is 0.00699 e. The fourth-order valence-corrected chi connectivity index (χ4v) is 3.37. The topological polar surface area (TPSA) is 3.24 Å². The summed E-state index contributed by atoms with van der Waals surface area (Å²) in [6.07, 6.45) is 6.87. The van der Waals surface area contributed by atoms with Crippen LogP contribution < -0.4 is 0 Å². The number of hydrogen-bond donors (Lipinski definition) is 0. The Morgan fingerprint density at radius 1 is 1.19 bits per heavy atom. The summed E-state index contributed by atoms with van der Waals surface area (Å²) in [4.78, 5) is 2.77. The van der Waals surface area contributed by atoms with Gasteiger partial charge in [-0.3, -0.25) is 4.90 Å². The zero-order valence-electron chi connectivity index (χ0n) is 12.0. The van der Waals surface area contributed by atoms with Gasteiger partial charge in [0.05, 0.1) is 0 Å². The van der Waals surface area contributed by atoms with Gasteiger partial charge in [-0.15, -0.1) is 0 Å². The predicted octanol–water partition coefficient (Wildman–Crippen LogP) is 4.32. The van der Waals surface area contributed by atoms with Crippen molar-refractivity contribution in [2.45, 2.75) is 78.8 Å². The van der Waals surface area contributed by atoms with Crippen molar-refractivity contribution in [3.05, 3.63) is 0 Å². The van der Waals surface area contributed by atoms with Gasteiger partial charge in [0.15, 0.2) is 0 Å². The van der Waals surface area contributed by atoms with E-state index in [1.807, 2.05) is 0 Å². The summed E-state index contributed by atoms with van der Waals surface area (Å²) < 4.78 is 0. The standard InChI is InChI=1S/C15H31N/c1-6-8-13(4)16-11-12(3)15(7-2)10-9-14(16)5/h12-15H,6-11H2,1-5H3. The second kappa shape index (κ2) is 6.64. The van der Waals surface area contributed by atoms with Crippen molar-refractivity contribution >= 4 is 0 Å². The number of rotatable bonds is 4. The molecule has 0 N–H and O–H groups in total. The van der Waals surface area contributed by atoms with E-state index in [4.69, 9.17) is 0 Å². The first kappa shape index (κ1) is 14.0. The third kappa shape index (κ3) is 3.48. The van der Waals surface area contributed by atoms with Crippen molar-refractivity contribution in [2.75, 3.05) is 6.54 Å². The first-order valence-corrected chi connectivity index (χ1v) is 7.35. The van der Waals surface area contributed by atoms with E-state index in [-0.39, 0.29) is 0 Å². The molecule has 0 amide bonds. The summed E-state index contributed by atoms with van der Waals surface area (Å²) in [7, 11) is 0. The fraction of sp³-hybridized carbons (Fsp3) is 1.00. The molecule has 96 valence electrons. The van der Waals surface area contributed by atoms with Gasteiger partial charge in [-0.25, -0.2) is 0 Å². The monoisotopic (exact) mass is 225 g/mol. The SMILES string of the molecule is CCCC(C)N1CC(C)C(CC)CCC1C. The minimum absolute atomic E-state index is 0.776. The Bertz CT molecular complexity index is 190. The molecule has 16 heavy (non-hydrogen) atoms. The molecule has 1 rings (SSSR count). The van der Waals surface area contributed by atoms with Crippen LogP contribution in [-0.4, -0.2) is 23.5 Å². The molecule has 0 aromatic carbocycles. The first-order valence-electron chi connectivity index (χ1n) is 7.35. The van der Waals surface area contributed by atoms with Crippen LogP contribution in [0.3, 0.4) is 0 Å². The van der Waals surface area contributed by atoms with Crippen LogP contribution in [0.15, 0.2) is 0 Å². The predicted molar refractivity (Wildman–Crippen MR) is 72.7 cm³/mol. The Balaban J connectivity index is 2.62. The smallest absolute Gasteiger partial charge is 0.00699 e. The molecule has 0 aromatic rings. The zero-order valence-corrected chi connectivity index (χ0v) is 12.0. The number of nitrogens with zero attached hydrogens (tertiary/aromatic N) is 1. The normalized spacial score (nSPS) is 34.7. The van der Waals surface area contributed by atoms with Gasteiger partial charge < -0.3 is 0 Å². The minimum Gasteiger partial charge on any atom is -0.298 e. The van der Waals surface area contributed by atoms with Gasteiger partial charge in [0, 0.05) is 18.6 Å². The molecule has 1 aliphatic heterocycles. The average Bonchev–Trinajstić information content (AvgIpc) is 2.39. The quantitative estimate of drug-likeness (QED) is 0.688. The molecule has 1 nitrogen and oxygen atoms in total. The second-order valence-corrected chi connectivity index (χ2v) is 5.91. The van der Waals surface area contributed by atoms with Gasteiger partial charge in [0.1, 0.15) is 0 Å². The van der Waals surface area contributed by atoms with Crippen LogP contribution in [0.4, 0.5) is 0 Å². The molecule has 0 aliphatic carbocycles. The van der Waals surface area contributed by atoms with Crippen LogP contribution in [-0.2, 0) is 0 Å². The molecule has 1 fully saturated rings. The highest BCUT2D eigenvalue weighted by Gasteiger charge is 2.28. The molecule has 0 saturated carbocycles. The van der Waals surface area contributed by atoms with Gasteiger partial charge >= 0.3 is 0 Å². The van der Waals surface area contributed by atoms with Crippen molar-refractivity contribution in [3.8, 4) is 0 Å². The van der Waals surface area contributed by atoms with Crippen molar-refractivity contribution < 1.29 is 0 Å². The Morgan fingerprint density at radius 2 is 1.88 bits per heavy atom. The third-order valence-corrected chi connectivity index (χ3v) is 4.62. The van der Waals surface area contributed by atoms with Crippen molar-refractivity contribution in [1.29, 1.82) is 0 Å². The van der Waals surface area contributed by atoms with Crippen molar-refractivity contribution in [2.24, 2.45) is 11.8 Å². The van der Waals surface area contributed by atoms with Gasteiger partial charge in [-0.05, 0) is 44.9 Å². The zero-order chi connectivity index (χ0) is 12.1. The molecule has 0 bridgehead atoms. The van der Waals surface area contributed by atoms with Crippen LogP contribution >= 0.6 is 0 Å². The Labute approximate surface area is 103 Å². The lowest BCUT2D eigenvalue weighted by Crippen LogP contribution is -2.41. The summed E-state index contributed by atoms with van der Waals surface area (Å²) in [5, 5.41) is 0. The van der Waals surface area contributed by atoms with Crippen LogP contribution in [0.25, 0.3) is 0 Å². The molecule has 0 aromatic heterocycles. The molecule has 1 heterocycles. The molecule has 1 saturated heterocycles. The number of likely N-dealkylation sites (tertiary alicyclic amines) is 1. The van der Waals surface area contributed by atoms with Crippen LogP contribution in [0.5, 0.6) is 0 Å². The highest BCUT2D eigenvalue weighted by atomic mass is 15.2. The van der Waals surface area contributed by atoms with Gasteiger partial charge in [-0.2, -0.15) is 0 Å². The summed E-state index contributed by atoms with van der Waals surface area (Å²) in [5.74, 6) is 1.84. The van der Waals surface area contributed by atoms with Crippen molar-refractivity contribution in [1.82, 2.24) is 4.90 Å². The molecular weight excluding hydrogens is 194 g/mol. The third-order valence-electron chi connectivity index (χ3n) is 4.62. The van der Waals surface area contributed by atoms with Gasteiger partial charge in [0.25, 0.3) is 0 Å². The largest absolute Gasteiger partial charge is 0.298 e. The lowest BCUT2D eigenvalue weighted by atomic mass is 9.88. The average molecular weight is 225 g/mol. The molecule has 4 unspecified atom stereocenters. The summed E-state index contributed by atoms with van der Waals surface area (Å²) in [6.45, 7) is 13.3. The Hall–Kier alpha value is -0.0400. The van der Waals surface area contributed by atoms with E-state index in [9.17, 15) is 0 Å². The maximum atomic E-state index is 2.77. The molecular formula is C15H31N. The van der Waals surface area contributed by atoms with Gasteiger partial charge in [-0.1, -0.05) is 33.6 Å². The van der Waals surface area contributed by atoms with E-state index in [2.05, 4.69) is 39.5 Å². The molecule has 0 spiro atoms. The highest BCUT2D eigenvalue weighted by molar-refractivity contribution is 4.82. The molecule has 0 radical (unpaired) electrons. The Kier molecular flexibility index (Phi) is 5.82. The lowest BCUT2D eigenvalue weighted by molar-refractivity contribution is 0.129. The number of hydrogen-bond acceptors (Lipinski definition) is 1. The molecule has 1 aliphatic rings. The van der Waals surface area contributed by atoms with E-state index >= 15 is 0 Å². The van der Waals surface area contributed by atoms with Crippen LogP contribution in [0.2, 0.25) is 0 Å². The fourth-order valence-electron chi connectivity index (χ4n) is 3.37. The second-order valence-electron chi connectivity index (χ2n) is 5.91. The van der Waals surface area contributed by atoms with E-state index in [0.717, 1.165) is 23.9 Å². The minimum atomic E-state index is 0.776. The van der Waals surface area contributed by atoms with E-state index in [1.165, 1.54) is 38.6 Å². The molecule has 1 heteroatoms. The lowest BCUT2D eigenvalue weighted by Gasteiger charge is -2.34. The highest BCUT2D eigenvalue weighted by Crippen LogP contribution is 2.30. The first-order chi connectivity index (χ1) is 7.60. The molecule has 4 atom stereocenters. The Morgan fingerprint density at radius 3 is 2.44 bits per heavy atom. The van der Waals surface area contributed by atoms with Crippen LogP contribution in [0.1, 0.15) is 66.7 Å². The summed E-state index contributed by atoms with van der Waals surface area (Å²) >= 11 is 0.